The van der Waals surface area contributed by atoms with Gasteiger partial charge in [0, 0.05) is 12.1 Å². The summed E-state index contributed by atoms with van der Waals surface area (Å²) in [6.07, 6.45) is 7.60. The molecule has 0 aromatic heterocycles. The van der Waals surface area contributed by atoms with Gasteiger partial charge in [0.15, 0.2) is 0 Å². The normalized spacial score (nSPS) is 32.1. The second kappa shape index (κ2) is 7.91. The molecule has 0 bridgehead atoms. The van der Waals surface area contributed by atoms with E-state index >= 15 is 0 Å². The number of hydrogen-bond acceptors (Lipinski definition) is 4. The number of nitrogens with zero attached hydrogens (tertiary/aromatic N) is 2. The molecule has 4 nitrogen and oxygen atoms in total. The smallest absolute Gasteiger partial charge is 0.0615 e. The lowest BCUT2D eigenvalue weighted by Gasteiger charge is -2.37. The summed E-state index contributed by atoms with van der Waals surface area (Å²) in [6.45, 7) is 5.26. The van der Waals surface area contributed by atoms with E-state index < -0.39 is 0 Å². The first kappa shape index (κ1) is 17.2. The molecule has 1 aliphatic heterocycles. The molecular weight excluding hydrogens is 262 g/mol. The van der Waals surface area contributed by atoms with Crippen LogP contribution in [-0.4, -0.2) is 74.4 Å². The summed E-state index contributed by atoms with van der Waals surface area (Å²) in [5, 5.41) is 13.2. The van der Waals surface area contributed by atoms with Gasteiger partial charge in [0.25, 0.3) is 0 Å². The lowest BCUT2D eigenvalue weighted by Crippen LogP contribution is -2.50. The molecule has 1 saturated heterocycles. The zero-order valence-corrected chi connectivity index (χ0v) is 14.3. The number of likely N-dealkylation sites (N-methyl/N-ethyl adjacent to an activating group) is 1. The molecule has 2 aliphatic rings. The molecule has 21 heavy (non-hydrogen) atoms. The van der Waals surface area contributed by atoms with Gasteiger partial charge in [-0.2, -0.15) is 0 Å². The van der Waals surface area contributed by atoms with Crippen LogP contribution < -0.4 is 5.32 Å². The van der Waals surface area contributed by atoms with Gasteiger partial charge in [0.1, 0.15) is 0 Å². The van der Waals surface area contributed by atoms with Crippen molar-refractivity contribution in [3.8, 4) is 0 Å². The highest BCUT2D eigenvalue weighted by molar-refractivity contribution is 4.98. The molecule has 0 aromatic rings. The Morgan fingerprint density at radius 2 is 1.95 bits per heavy atom. The van der Waals surface area contributed by atoms with Crippen molar-refractivity contribution in [1.82, 2.24) is 15.1 Å². The van der Waals surface area contributed by atoms with Crippen molar-refractivity contribution >= 4 is 0 Å². The molecule has 2 N–H and O–H groups in total. The van der Waals surface area contributed by atoms with Crippen molar-refractivity contribution < 1.29 is 5.11 Å². The van der Waals surface area contributed by atoms with E-state index in [1.165, 1.54) is 58.3 Å². The van der Waals surface area contributed by atoms with Crippen molar-refractivity contribution in [1.29, 1.82) is 0 Å². The topological polar surface area (TPSA) is 38.7 Å². The number of nitrogens with one attached hydrogen (secondary N) is 1. The van der Waals surface area contributed by atoms with E-state index in [4.69, 9.17) is 0 Å². The standard InChI is InChI=1S/C17H35N3O/c1-18-17(14-21)9-4-5-16(17)8-12-20-10-6-15(7-11-20)13-19(2)3/h15-16,18,21H,4-14H2,1-3H3. The summed E-state index contributed by atoms with van der Waals surface area (Å²) in [6, 6.07) is 0. The Labute approximate surface area is 130 Å². The maximum absolute atomic E-state index is 9.76. The lowest BCUT2D eigenvalue weighted by atomic mass is 9.85. The van der Waals surface area contributed by atoms with E-state index in [2.05, 4.69) is 29.2 Å². The Balaban J connectivity index is 1.72. The molecule has 4 heteroatoms. The van der Waals surface area contributed by atoms with Crippen molar-refractivity contribution in [2.75, 3.05) is 53.9 Å². The Hall–Kier alpha value is -0.160. The van der Waals surface area contributed by atoms with Crippen molar-refractivity contribution in [2.45, 2.75) is 44.1 Å². The van der Waals surface area contributed by atoms with Crippen molar-refractivity contribution in [2.24, 2.45) is 11.8 Å². The minimum Gasteiger partial charge on any atom is -0.394 e. The molecule has 1 heterocycles. The van der Waals surface area contributed by atoms with Gasteiger partial charge in [0.2, 0.25) is 0 Å². The van der Waals surface area contributed by atoms with Crippen molar-refractivity contribution in [3.63, 3.8) is 0 Å². The fraction of sp³-hybridized carbons (Fsp3) is 1.00. The first-order valence-corrected chi connectivity index (χ1v) is 8.76. The number of hydrogen-bond donors (Lipinski definition) is 2. The monoisotopic (exact) mass is 297 g/mol. The third-order valence-corrected chi connectivity index (χ3v) is 5.86. The first-order valence-electron chi connectivity index (χ1n) is 8.76. The maximum Gasteiger partial charge on any atom is 0.0615 e. The SMILES string of the molecule is CNC1(CO)CCCC1CCN1CCC(CN(C)C)CC1. The van der Waals surface area contributed by atoms with Crippen LogP contribution in [0.25, 0.3) is 0 Å². The Kier molecular flexibility index (Phi) is 6.48. The van der Waals surface area contributed by atoms with Crippen LogP contribution in [0.3, 0.4) is 0 Å². The van der Waals surface area contributed by atoms with Gasteiger partial charge in [-0.15, -0.1) is 0 Å². The Bertz CT molecular complexity index is 296. The summed E-state index contributed by atoms with van der Waals surface area (Å²) in [5.74, 6) is 1.53. The number of aliphatic hydroxyl groups excluding tert-OH is 1. The van der Waals surface area contributed by atoms with Gasteiger partial charge in [0.05, 0.1) is 6.61 Å². The number of rotatable bonds is 7. The fourth-order valence-electron chi connectivity index (χ4n) is 4.43. The number of piperidine rings is 1. The molecule has 1 aliphatic carbocycles. The molecule has 0 amide bonds. The summed E-state index contributed by atoms with van der Waals surface area (Å²) in [5.41, 5.74) is 0.00322. The third-order valence-electron chi connectivity index (χ3n) is 5.86. The average Bonchev–Trinajstić information content (AvgIpc) is 2.89. The molecule has 1 saturated carbocycles. The Morgan fingerprint density at radius 3 is 2.52 bits per heavy atom. The van der Waals surface area contributed by atoms with Crippen LogP contribution in [0.5, 0.6) is 0 Å². The van der Waals surface area contributed by atoms with Crippen LogP contribution in [0.2, 0.25) is 0 Å². The molecule has 2 atom stereocenters. The molecule has 0 radical (unpaired) electrons. The van der Waals surface area contributed by atoms with Gasteiger partial charge in [-0.25, -0.2) is 0 Å². The fourth-order valence-corrected chi connectivity index (χ4v) is 4.43. The minimum absolute atomic E-state index is 0.00322. The highest BCUT2D eigenvalue weighted by Gasteiger charge is 2.40. The van der Waals surface area contributed by atoms with Crippen LogP contribution in [0.4, 0.5) is 0 Å². The predicted octanol–water partition coefficient (Wildman–Crippen LogP) is 1.40. The summed E-state index contributed by atoms with van der Waals surface area (Å²) >= 11 is 0. The Morgan fingerprint density at radius 1 is 1.24 bits per heavy atom. The van der Waals surface area contributed by atoms with Gasteiger partial charge in [-0.05, 0) is 84.7 Å². The molecule has 2 rings (SSSR count). The number of aliphatic hydroxyl groups is 1. The minimum atomic E-state index is 0.00322. The van der Waals surface area contributed by atoms with E-state index in [-0.39, 0.29) is 5.54 Å². The molecule has 0 aromatic carbocycles. The first-order chi connectivity index (χ1) is 10.1. The van der Waals surface area contributed by atoms with Crippen LogP contribution in [0, 0.1) is 11.8 Å². The van der Waals surface area contributed by atoms with E-state index in [1.54, 1.807) is 0 Å². The molecule has 2 fully saturated rings. The van der Waals surface area contributed by atoms with Crippen LogP contribution >= 0.6 is 0 Å². The molecule has 124 valence electrons. The van der Waals surface area contributed by atoms with Crippen LogP contribution in [0.15, 0.2) is 0 Å². The van der Waals surface area contributed by atoms with Crippen molar-refractivity contribution in [3.05, 3.63) is 0 Å². The van der Waals surface area contributed by atoms with Crippen LogP contribution in [0.1, 0.15) is 38.5 Å². The average molecular weight is 297 g/mol. The van der Waals surface area contributed by atoms with Gasteiger partial charge in [-0.1, -0.05) is 6.42 Å². The molecule has 0 spiro atoms. The van der Waals surface area contributed by atoms with Gasteiger partial charge >= 0.3 is 0 Å². The largest absolute Gasteiger partial charge is 0.394 e. The zero-order chi connectivity index (χ0) is 15.3. The lowest BCUT2D eigenvalue weighted by molar-refractivity contribution is 0.108. The predicted molar refractivity (Wildman–Crippen MR) is 88.6 cm³/mol. The van der Waals surface area contributed by atoms with E-state index in [0.717, 1.165) is 12.3 Å². The van der Waals surface area contributed by atoms with E-state index in [0.29, 0.717) is 12.5 Å². The summed E-state index contributed by atoms with van der Waals surface area (Å²) in [4.78, 5) is 4.96. The zero-order valence-electron chi connectivity index (χ0n) is 14.3. The second-order valence-electron chi connectivity index (χ2n) is 7.49. The highest BCUT2D eigenvalue weighted by atomic mass is 16.3. The molecule has 2 unspecified atom stereocenters. The maximum atomic E-state index is 9.76. The summed E-state index contributed by atoms with van der Waals surface area (Å²) < 4.78 is 0. The van der Waals surface area contributed by atoms with Crippen LogP contribution in [-0.2, 0) is 0 Å². The van der Waals surface area contributed by atoms with E-state index in [9.17, 15) is 5.11 Å². The third kappa shape index (κ3) is 4.41. The van der Waals surface area contributed by atoms with E-state index in [1.807, 2.05) is 7.05 Å². The summed E-state index contributed by atoms with van der Waals surface area (Å²) in [7, 11) is 6.37. The van der Waals surface area contributed by atoms with Gasteiger partial charge < -0.3 is 20.2 Å². The van der Waals surface area contributed by atoms with Gasteiger partial charge in [-0.3, -0.25) is 0 Å². The second-order valence-corrected chi connectivity index (χ2v) is 7.49. The molecular formula is C17H35N3O. The quantitative estimate of drug-likeness (QED) is 0.745. The number of likely N-dealkylation sites (tertiary alicyclic amines) is 1. The highest BCUT2D eigenvalue weighted by Crippen LogP contribution is 2.37.